The van der Waals surface area contributed by atoms with Gasteiger partial charge in [-0.3, -0.25) is 4.79 Å². The average molecular weight is 406 g/mol. The van der Waals surface area contributed by atoms with Gasteiger partial charge in [-0.15, -0.1) is 0 Å². The topological polar surface area (TPSA) is 55.6 Å². The Morgan fingerprint density at radius 1 is 1.40 bits per heavy atom. The van der Waals surface area contributed by atoms with Gasteiger partial charge in [-0.25, -0.2) is 0 Å². The van der Waals surface area contributed by atoms with Gasteiger partial charge >= 0.3 is 0 Å². The second-order valence-electron chi connectivity index (χ2n) is 4.90. The molecular formula is C14H18Br2N2O2. The molecule has 1 aliphatic rings. The molecule has 1 aromatic rings. The Morgan fingerprint density at radius 2 is 2.15 bits per heavy atom. The number of nitrogens with two attached hydrogens (primary N) is 1. The number of nitrogens with zero attached hydrogens (tertiary/aromatic N) is 1. The summed E-state index contributed by atoms with van der Waals surface area (Å²) in [5.41, 5.74) is 7.31. The van der Waals surface area contributed by atoms with Crippen LogP contribution in [0.5, 0.6) is 0 Å². The van der Waals surface area contributed by atoms with E-state index in [9.17, 15) is 4.79 Å². The lowest BCUT2D eigenvalue weighted by molar-refractivity contribution is -0.138. The van der Waals surface area contributed by atoms with Gasteiger partial charge in [0.05, 0.1) is 12.6 Å². The number of hydrogen-bond acceptors (Lipinski definition) is 3. The highest BCUT2D eigenvalue weighted by atomic mass is 79.9. The lowest BCUT2D eigenvalue weighted by atomic mass is 9.90. The minimum absolute atomic E-state index is 0.0439. The summed E-state index contributed by atoms with van der Waals surface area (Å²) >= 11 is 6.96. The van der Waals surface area contributed by atoms with Crippen LogP contribution in [0, 0.1) is 0 Å². The van der Waals surface area contributed by atoms with Gasteiger partial charge in [0.25, 0.3) is 0 Å². The highest BCUT2D eigenvalue weighted by Gasteiger charge is 2.34. The third-order valence-corrected chi connectivity index (χ3v) is 5.45. The first-order valence-electron chi connectivity index (χ1n) is 6.53. The van der Waals surface area contributed by atoms with E-state index in [0.717, 1.165) is 20.9 Å². The predicted molar refractivity (Wildman–Crippen MR) is 85.4 cm³/mol. The van der Waals surface area contributed by atoms with Crippen molar-refractivity contribution in [3.05, 3.63) is 32.7 Å². The number of halogens is 2. The van der Waals surface area contributed by atoms with E-state index in [0.29, 0.717) is 19.6 Å². The van der Waals surface area contributed by atoms with Crippen molar-refractivity contribution < 1.29 is 9.53 Å². The number of ether oxygens (including phenoxy) is 1. The van der Waals surface area contributed by atoms with Gasteiger partial charge in [0, 0.05) is 35.1 Å². The van der Waals surface area contributed by atoms with Crippen molar-refractivity contribution in [1.29, 1.82) is 0 Å². The van der Waals surface area contributed by atoms with Crippen molar-refractivity contribution in [1.82, 2.24) is 4.90 Å². The number of likely N-dealkylation sites (tertiary alicyclic amines) is 1. The Kier molecular flexibility index (Phi) is 5.60. The summed E-state index contributed by atoms with van der Waals surface area (Å²) in [7, 11) is 1.64. The minimum Gasteiger partial charge on any atom is -0.383 e. The number of benzene rings is 1. The molecule has 1 saturated heterocycles. The number of carbonyl (C=O) groups excluding carboxylic acids is 1. The Hall–Kier alpha value is -0.430. The highest BCUT2D eigenvalue weighted by molar-refractivity contribution is 9.13. The van der Waals surface area contributed by atoms with Crippen LogP contribution in [-0.2, 0) is 9.53 Å². The molecule has 1 aliphatic heterocycles. The third-order valence-electron chi connectivity index (χ3n) is 3.57. The van der Waals surface area contributed by atoms with Crippen molar-refractivity contribution in [3.8, 4) is 0 Å². The monoisotopic (exact) mass is 404 g/mol. The van der Waals surface area contributed by atoms with Gasteiger partial charge < -0.3 is 15.4 Å². The molecule has 0 radical (unpaired) electrons. The van der Waals surface area contributed by atoms with Gasteiger partial charge in [-0.05, 0) is 56.0 Å². The Bertz CT molecular complexity index is 496. The van der Waals surface area contributed by atoms with Gasteiger partial charge in [0.1, 0.15) is 0 Å². The fraction of sp³-hybridized carbons (Fsp3) is 0.500. The maximum atomic E-state index is 12.2. The molecule has 2 rings (SSSR count). The maximum absolute atomic E-state index is 12.2. The summed E-state index contributed by atoms with van der Waals surface area (Å²) in [6.07, 6.45) is 1.24. The molecule has 4 nitrogen and oxygen atoms in total. The van der Waals surface area contributed by atoms with Crippen molar-refractivity contribution in [2.24, 2.45) is 5.73 Å². The van der Waals surface area contributed by atoms with Crippen LogP contribution in [0.4, 0.5) is 0 Å². The van der Waals surface area contributed by atoms with E-state index in [1.54, 1.807) is 7.11 Å². The van der Waals surface area contributed by atoms with Gasteiger partial charge in [0.2, 0.25) is 5.91 Å². The molecule has 2 N–H and O–H groups in total. The number of hydrogen-bond donors (Lipinski definition) is 1. The molecule has 110 valence electrons. The van der Waals surface area contributed by atoms with E-state index >= 15 is 0 Å². The number of amides is 1. The molecule has 0 spiro atoms. The maximum Gasteiger partial charge on any atom is 0.223 e. The average Bonchev–Trinajstić information content (AvgIpc) is 2.43. The summed E-state index contributed by atoms with van der Waals surface area (Å²) < 4.78 is 7.05. The number of methoxy groups -OCH3 is 1. The Morgan fingerprint density at radius 3 is 2.80 bits per heavy atom. The van der Waals surface area contributed by atoms with Crippen molar-refractivity contribution >= 4 is 37.8 Å². The first-order valence-corrected chi connectivity index (χ1v) is 8.12. The van der Waals surface area contributed by atoms with Gasteiger partial charge in [-0.2, -0.15) is 0 Å². The van der Waals surface area contributed by atoms with Crippen LogP contribution in [0.25, 0.3) is 0 Å². The second kappa shape index (κ2) is 7.02. The predicted octanol–water partition coefficient (Wildman–Crippen LogP) is 2.85. The van der Waals surface area contributed by atoms with Crippen molar-refractivity contribution in [2.45, 2.75) is 24.9 Å². The van der Waals surface area contributed by atoms with Crippen LogP contribution >= 0.6 is 31.9 Å². The van der Waals surface area contributed by atoms with Crippen LogP contribution in [0.2, 0.25) is 0 Å². The molecular weight excluding hydrogens is 388 g/mol. The fourth-order valence-corrected chi connectivity index (χ4v) is 3.20. The summed E-state index contributed by atoms with van der Waals surface area (Å²) in [6.45, 7) is 1.09. The van der Waals surface area contributed by atoms with E-state index < -0.39 is 0 Å². The smallest absolute Gasteiger partial charge is 0.223 e. The molecule has 2 atom stereocenters. The summed E-state index contributed by atoms with van der Waals surface area (Å²) in [5, 5.41) is 0. The zero-order valence-corrected chi connectivity index (χ0v) is 14.5. The summed E-state index contributed by atoms with van der Waals surface area (Å²) in [4.78, 5) is 14.0. The van der Waals surface area contributed by atoms with E-state index in [1.807, 2.05) is 23.1 Å². The molecule has 1 heterocycles. The van der Waals surface area contributed by atoms with E-state index in [1.165, 1.54) is 0 Å². The van der Waals surface area contributed by atoms with E-state index in [2.05, 4.69) is 31.9 Å². The van der Waals surface area contributed by atoms with Gasteiger partial charge in [-0.1, -0.05) is 6.07 Å². The minimum atomic E-state index is -0.0872. The molecule has 0 aliphatic carbocycles. The highest BCUT2D eigenvalue weighted by Crippen LogP contribution is 2.34. The fourth-order valence-electron chi connectivity index (χ4n) is 2.55. The number of piperidine rings is 1. The van der Waals surface area contributed by atoms with Crippen LogP contribution in [0.3, 0.4) is 0 Å². The van der Waals surface area contributed by atoms with Crippen molar-refractivity contribution in [2.75, 3.05) is 20.3 Å². The number of rotatable bonds is 4. The molecule has 1 aromatic carbocycles. The zero-order valence-electron chi connectivity index (χ0n) is 11.3. The molecule has 6 heteroatoms. The molecule has 20 heavy (non-hydrogen) atoms. The van der Waals surface area contributed by atoms with Gasteiger partial charge in [0.15, 0.2) is 0 Å². The normalized spacial score (nSPS) is 23.2. The summed E-state index contributed by atoms with van der Waals surface area (Å²) in [5.74, 6) is 0.146. The molecule has 0 aromatic heterocycles. The quantitative estimate of drug-likeness (QED) is 0.837. The lowest BCUT2D eigenvalue weighted by Crippen LogP contribution is -2.49. The summed E-state index contributed by atoms with van der Waals surface area (Å²) in [6, 6.07) is 5.87. The van der Waals surface area contributed by atoms with Crippen LogP contribution < -0.4 is 5.73 Å². The van der Waals surface area contributed by atoms with E-state index in [4.69, 9.17) is 10.5 Å². The first-order chi connectivity index (χ1) is 9.54. The molecule has 1 fully saturated rings. The lowest BCUT2D eigenvalue weighted by Gasteiger charge is -2.40. The Labute approximate surface area is 135 Å². The SMILES string of the molecule is COCCN1C(=O)CCC(N)C1c1ccc(Br)c(Br)c1. The second-order valence-corrected chi connectivity index (χ2v) is 6.61. The Balaban J connectivity index is 2.31. The van der Waals surface area contributed by atoms with E-state index in [-0.39, 0.29) is 18.0 Å². The first kappa shape index (κ1) is 15.9. The van der Waals surface area contributed by atoms with Crippen LogP contribution in [0.15, 0.2) is 27.1 Å². The number of carbonyl (C=O) groups is 1. The third kappa shape index (κ3) is 3.42. The standard InChI is InChI=1S/C14H18Br2N2O2/c1-20-7-6-18-13(19)5-4-12(17)14(18)9-2-3-10(15)11(16)8-9/h2-3,8,12,14H,4-7,17H2,1H3. The van der Waals surface area contributed by atoms with Crippen molar-refractivity contribution in [3.63, 3.8) is 0 Å². The molecule has 2 unspecified atom stereocenters. The molecule has 0 saturated carbocycles. The zero-order chi connectivity index (χ0) is 14.7. The largest absolute Gasteiger partial charge is 0.383 e. The molecule has 0 bridgehead atoms. The van der Waals surface area contributed by atoms with Crippen LogP contribution in [0.1, 0.15) is 24.4 Å². The molecule has 1 amide bonds. The van der Waals surface area contributed by atoms with Crippen LogP contribution in [-0.4, -0.2) is 37.1 Å².